The molecule has 6 rings (SSSR count). The summed E-state index contributed by atoms with van der Waals surface area (Å²) in [5.41, 5.74) is 7.23. The minimum atomic E-state index is -0.926. The lowest BCUT2D eigenvalue weighted by Crippen LogP contribution is -2.42. The predicted molar refractivity (Wildman–Crippen MR) is 143 cm³/mol. The molecule has 1 aliphatic rings. The van der Waals surface area contributed by atoms with Gasteiger partial charge in [0.15, 0.2) is 23.0 Å². The third-order valence-electron chi connectivity index (χ3n) is 6.90. The number of nitrogen functional groups attached to an aromatic ring is 1. The van der Waals surface area contributed by atoms with Crippen molar-refractivity contribution in [2.24, 2.45) is 0 Å². The van der Waals surface area contributed by atoms with E-state index in [1.807, 2.05) is 6.08 Å². The number of anilines is 1. The molecule has 8 nitrogen and oxygen atoms in total. The average molecular weight is 546 g/mol. The zero-order valence-electron chi connectivity index (χ0n) is 21.4. The summed E-state index contributed by atoms with van der Waals surface area (Å²) in [6, 6.07) is 7.05. The summed E-state index contributed by atoms with van der Waals surface area (Å²) in [5.74, 6) is -2.65. The number of benzene rings is 2. The number of fused-ring (bicyclic) bond motifs is 2. The Morgan fingerprint density at radius 1 is 1.05 bits per heavy atom. The van der Waals surface area contributed by atoms with Gasteiger partial charge in [-0.05, 0) is 55.7 Å². The summed E-state index contributed by atoms with van der Waals surface area (Å²) in [7, 11) is 1.16. The van der Waals surface area contributed by atoms with Crippen LogP contribution in [0.2, 0.25) is 0 Å². The largest absolute Gasteiger partial charge is 0.491 e. The smallest absolute Gasteiger partial charge is 0.200 e. The first kappa shape index (κ1) is 25.4. The van der Waals surface area contributed by atoms with Crippen molar-refractivity contribution in [1.29, 1.82) is 0 Å². The lowest BCUT2D eigenvalue weighted by Gasteiger charge is -2.17. The highest BCUT2D eigenvalue weighted by atomic mass is 19.1. The molecule has 3 aromatic heterocycles. The van der Waals surface area contributed by atoms with E-state index in [0.29, 0.717) is 29.0 Å². The lowest BCUT2D eigenvalue weighted by molar-refractivity contribution is 0.360. The molecule has 5 aromatic rings. The van der Waals surface area contributed by atoms with Gasteiger partial charge < -0.3 is 14.9 Å². The van der Waals surface area contributed by atoms with Crippen LogP contribution in [0, 0.1) is 17.5 Å². The van der Waals surface area contributed by atoms with Gasteiger partial charge in [-0.15, -0.1) is 0 Å². The SMILES string of the molecule is COc1c(F)cc(-c2nn(C(C)c3oc4c(c(=O)c3-c3cccc(F)c3)=CCCC=4)c3ncnc(N)c23)cc1F. The van der Waals surface area contributed by atoms with Gasteiger partial charge in [0.1, 0.15) is 40.9 Å². The van der Waals surface area contributed by atoms with Crippen LogP contribution < -0.4 is 26.5 Å². The number of rotatable bonds is 5. The molecule has 0 saturated heterocycles. The fourth-order valence-electron chi connectivity index (χ4n) is 5.05. The van der Waals surface area contributed by atoms with Crippen LogP contribution in [0.5, 0.6) is 5.75 Å². The van der Waals surface area contributed by atoms with E-state index in [1.165, 1.54) is 29.2 Å². The Balaban J connectivity index is 1.63. The number of methoxy groups -OCH3 is 1. The Morgan fingerprint density at radius 3 is 2.52 bits per heavy atom. The highest BCUT2D eigenvalue weighted by Crippen LogP contribution is 2.36. The zero-order valence-corrected chi connectivity index (χ0v) is 21.4. The quantitative estimate of drug-likeness (QED) is 0.354. The zero-order chi connectivity index (χ0) is 28.1. The second kappa shape index (κ2) is 9.67. The molecule has 0 fully saturated rings. The molecule has 1 aliphatic carbocycles. The molecular weight excluding hydrogens is 523 g/mol. The fourth-order valence-corrected chi connectivity index (χ4v) is 5.05. The van der Waals surface area contributed by atoms with Gasteiger partial charge in [-0.1, -0.05) is 18.2 Å². The minimum absolute atomic E-state index is 0.0373. The fraction of sp³-hybridized carbons (Fsp3) is 0.172. The number of hydrogen-bond acceptors (Lipinski definition) is 7. The van der Waals surface area contributed by atoms with Crippen molar-refractivity contribution in [1.82, 2.24) is 19.7 Å². The van der Waals surface area contributed by atoms with Crippen LogP contribution in [0.3, 0.4) is 0 Å². The Kier molecular flexibility index (Phi) is 6.13. The van der Waals surface area contributed by atoms with Crippen LogP contribution in [-0.2, 0) is 0 Å². The van der Waals surface area contributed by atoms with Crippen molar-refractivity contribution >= 4 is 29.0 Å². The predicted octanol–water partition coefficient (Wildman–Crippen LogP) is 4.09. The van der Waals surface area contributed by atoms with E-state index in [4.69, 9.17) is 14.9 Å². The molecule has 0 saturated carbocycles. The highest BCUT2D eigenvalue weighted by Gasteiger charge is 2.27. The van der Waals surface area contributed by atoms with Crippen molar-refractivity contribution in [3.05, 3.63) is 86.8 Å². The van der Waals surface area contributed by atoms with E-state index in [1.54, 1.807) is 19.1 Å². The topological polar surface area (TPSA) is 109 Å². The van der Waals surface area contributed by atoms with E-state index in [-0.39, 0.29) is 44.9 Å². The van der Waals surface area contributed by atoms with Crippen LogP contribution in [0.15, 0.2) is 51.9 Å². The van der Waals surface area contributed by atoms with E-state index in [9.17, 15) is 18.0 Å². The summed E-state index contributed by atoms with van der Waals surface area (Å²) < 4.78 is 56.1. The Bertz CT molecular complexity index is 1980. The Hall–Kier alpha value is -4.93. The molecule has 0 aliphatic heterocycles. The van der Waals surface area contributed by atoms with Crippen molar-refractivity contribution in [2.45, 2.75) is 25.8 Å². The number of halogens is 3. The summed E-state index contributed by atoms with van der Waals surface area (Å²) in [6.07, 6.45) is 6.24. The van der Waals surface area contributed by atoms with Gasteiger partial charge in [-0.3, -0.25) is 4.79 Å². The molecule has 11 heteroatoms. The van der Waals surface area contributed by atoms with Crippen LogP contribution in [0.25, 0.3) is 45.6 Å². The van der Waals surface area contributed by atoms with Crippen molar-refractivity contribution in [3.8, 4) is 28.1 Å². The van der Waals surface area contributed by atoms with E-state index < -0.39 is 29.2 Å². The second-order valence-electron chi connectivity index (χ2n) is 9.34. The van der Waals surface area contributed by atoms with Gasteiger partial charge in [0, 0.05) is 5.56 Å². The maximum absolute atomic E-state index is 14.7. The summed E-state index contributed by atoms with van der Waals surface area (Å²) in [6.45, 7) is 1.73. The molecule has 1 atom stereocenters. The molecular formula is C29H22F3N5O3. The molecule has 3 heterocycles. The number of ether oxygens (including phenoxy) is 1. The second-order valence-corrected chi connectivity index (χ2v) is 9.34. The number of nitrogens with zero attached hydrogens (tertiary/aromatic N) is 4. The van der Waals surface area contributed by atoms with Crippen LogP contribution >= 0.6 is 0 Å². The summed E-state index contributed by atoms with van der Waals surface area (Å²) >= 11 is 0. The molecule has 40 heavy (non-hydrogen) atoms. The Labute approximate surface area is 224 Å². The normalized spacial score (nSPS) is 13.4. The molecule has 0 amide bonds. The number of aromatic nitrogens is 4. The molecule has 2 aromatic carbocycles. The third-order valence-corrected chi connectivity index (χ3v) is 6.90. The van der Waals surface area contributed by atoms with Gasteiger partial charge in [0.25, 0.3) is 0 Å². The molecule has 2 N–H and O–H groups in total. The molecule has 0 bridgehead atoms. The summed E-state index contributed by atoms with van der Waals surface area (Å²) in [4.78, 5) is 22.1. The monoisotopic (exact) mass is 545 g/mol. The molecule has 1 unspecified atom stereocenters. The Morgan fingerprint density at radius 2 is 1.80 bits per heavy atom. The average Bonchev–Trinajstić information content (AvgIpc) is 3.33. The van der Waals surface area contributed by atoms with Crippen molar-refractivity contribution in [2.75, 3.05) is 12.8 Å². The van der Waals surface area contributed by atoms with Gasteiger partial charge in [-0.25, -0.2) is 27.8 Å². The van der Waals surface area contributed by atoms with E-state index in [0.717, 1.165) is 19.2 Å². The third kappa shape index (κ3) is 4.01. The maximum Gasteiger partial charge on any atom is 0.200 e. The van der Waals surface area contributed by atoms with Crippen molar-refractivity contribution in [3.63, 3.8) is 0 Å². The molecule has 0 radical (unpaired) electrons. The molecule has 0 spiro atoms. The number of nitrogens with two attached hydrogens (primary N) is 1. The number of hydrogen-bond donors (Lipinski definition) is 1. The maximum atomic E-state index is 14.7. The van der Waals surface area contributed by atoms with E-state index in [2.05, 4.69) is 15.1 Å². The summed E-state index contributed by atoms with van der Waals surface area (Å²) in [5, 5.41) is 5.30. The first-order chi connectivity index (χ1) is 19.3. The molecule has 202 valence electrons. The van der Waals surface area contributed by atoms with Gasteiger partial charge in [-0.2, -0.15) is 5.10 Å². The van der Waals surface area contributed by atoms with Crippen LogP contribution in [0.4, 0.5) is 19.0 Å². The van der Waals surface area contributed by atoms with Crippen LogP contribution in [-0.4, -0.2) is 26.9 Å². The highest BCUT2D eigenvalue weighted by molar-refractivity contribution is 5.98. The van der Waals surface area contributed by atoms with Crippen molar-refractivity contribution < 1.29 is 22.3 Å². The minimum Gasteiger partial charge on any atom is -0.491 e. The first-order valence-corrected chi connectivity index (χ1v) is 12.4. The first-order valence-electron chi connectivity index (χ1n) is 12.4. The van der Waals surface area contributed by atoms with Crippen LogP contribution in [0.1, 0.15) is 31.6 Å². The standard InChI is InChI=1S/C29H22F3N5O3/c1-14(26-22(15-6-5-7-17(30)10-15)25(38)18-8-3-4-9-21(18)40-26)37-29-23(28(33)34-13-35-29)24(36-37)16-11-19(31)27(39-2)20(32)12-16/h5-14H,3-4H2,1-2H3,(H2,33,34,35). The van der Waals surface area contributed by atoms with Gasteiger partial charge in [0.05, 0.1) is 23.3 Å². The van der Waals surface area contributed by atoms with Gasteiger partial charge >= 0.3 is 0 Å². The van der Waals surface area contributed by atoms with E-state index >= 15 is 0 Å². The van der Waals surface area contributed by atoms with Gasteiger partial charge in [0.2, 0.25) is 5.43 Å². The lowest BCUT2D eigenvalue weighted by atomic mass is 9.99.